The summed E-state index contributed by atoms with van der Waals surface area (Å²) in [5.74, 6) is -1.06. The van der Waals surface area contributed by atoms with Crippen molar-refractivity contribution in [3.8, 4) is 0 Å². The van der Waals surface area contributed by atoms with E-state index in [2.05, 4.69) is 10.2 Å². The molecule has 6 nitrogen and oxygen atoms in total. The van der Waals surface area contributed by atoms with Gasteiger partial charge in [0, 0.05) is 6.08 Å². The number of hydrogen-bond donors (Lipinski definition) is 2. The third-order valence-corrected chi connectivity index (χ3v) is 3.58. The van der Waals surface area contributed by atoms with Crippen LogP contribution in [-0.4, -0.2) is 30.0 Å². The summed E-state index contributed by atoms with van der Waals surface area (Å²) in [5, 5.41) is 16.6. The van der Waals surface area contributed by atoms with E-state index in [0.717, 1.165) is 29.2 Å². The van der Waals surface area contributed by atoms with Gasteiger partial charge < -0.3 is 9.66 Å². The van der Waals surface area contributed by atoms with Gasteiger partial charge >= 0.3 is 5.97 Å². The van der Waals surface area contributed by atoms with Crippen LogP contribution in [0.2, 0.25) is 0 Å². The smallest absolute Gasteiger partial charge is 0.328 e. The van der Waals surface area contributed by atoms with Crippen molar-refractivity contribution in [3.63, 3.8) is 0 Å². The van der Waals surface area contributed by atoms with Gasteiger partial charge in [0.25, 0.3) is 0 Å². The molecule has 76 valence electrons. The monoisotopic (exact) mass is 252 g/mol. The van der Waals surface area contributed by atoms with Crippen LogP contribution in [0.4, 0.5) is 0 Å². The van der Waals surface area contributed by atoms with Crippen molar-refractivity contribution < 1.29 is 18.7 Å². The van der Waals surface area contributed by atoms with Gasteiger partial charge in [0.15, 0.2) is 4.34 Å². The standard InChI is InChI=1S/C5H4N2O4S3/c8-3(9)1-2-12-4-6-7-5(13-4)14(10)11/h1-2H,(H,8,9)(H,10,11)/b2-1+. The highest BCUT2D eigenvalue weighted by Gasteiger charge is 2.07. The Morgan fingerprint density at radius 1 is 1.57 bits per heavy atom. The minimum absolute atomic E-state index is 0.00350. The minimum atomic E-state index is -2.13. The zero-order chi connectivity index (χ0) is 10.6. The molecule has 0 saturated carbocycles. The van der Waals surface area contributed by atoms with Crippen molar-refractivity contribution in [2.24, 2.45) is 0 Å². The molecule has 1 rings (SSSR count). The first kappa shape index (κ1) is 11.3. The van der Waals surface area contributed by atoms with Crippen LogP contribution in [0.5, 0.6) is 0 Å². The van der Waals surface area contributed by atoms with Crippen LogP contribution >= 0.6 is 23.1 Å². The minimum Gasteiger partial charge on any atom is -0.478 e. The molecular formula is C5H4N2O4S3. The van der Waals surface area contributed by atoms with Gasteiger partial charge in [0.1, 0.15) is 0 Å². The third-order valence-electron chi connectivity index (χ3n) is 0.917. The maximum absolute atomic E-state index is 10.5. The first-order chi connectivity index (χ1) is 6.59. The Bertz CT molecular complexity index is 388. The van der Waals surface area contributed by atoms with Crippen LogP contribution in [0.15, 0.2) is 20.2 Å². The van der Waals surface area contributed by atoms with Crippen molar-refractivity contribution in [1.29, 1.82) is 0 Å². The molecule has 9 heteroatoms. The number of carboxylic acid groups (broad SMARTS) is 1. The van der Waals surface area contributed by atoms with Gasteiger partial charge in [-0.1, -0.05) is 23.1 Å². The van der Waals surface area contributed by atoms with E-state index in [0.29, 0.717) is 4.34 Å². The van der Waals surface area contributed by atoms with E-state index in [1.165, 1.54) is 5.41 Å². The average molecular weight is 252 g/mol. The summed E-state index contributed by atoms with van der Waals surface area (Å²) in [6, 6.07) is 0. The Hall–Kier alpha value is -0.770. The lowest BCUT2D eigenvalue weighted by Crippen LogP contribution is -1.85. The number of carbonyl (C=O) groups is 1. The van der Waals surface area contributed by atoms with E-state index in [1.54, 1.807) is 0 Å². The molecule has 0 fully saturated rings. The van der Waals surface area contributed by atoms with E-state index in [9.17, 15) is 9.00 Å². The van der Waals surface area contributed by atoms with Crippen molar-refractivity contribution in [1.82, 2.24) is 10.2 Å². The number of carboxylic acids is 1. The highest BCUT2D eigenvalue weighted by Crippen LogP contribution is 2.24. The predicted molar refractivity (Wildman–Crippen MR) is 51.6 cm³/mol. The summed E-state index contributed by atoms with van der Waals surface area (Å²) in [6.45, 7) is 0. The van der Waals surface area contributed by atoms with Crippen LogP contribution in [0, 0.1) is 0 Å². The van der Waals surface area contributed by atoms with Crippen LogP contribution in [-0.2, 0) is 15.9 Å². The lowest BCUT2D eigenvalue weighted by atomic mass is 10.7. The fourth-order valence-corrected chi connectivity index (χ4v) is 2.55. The summed E-state index contributed by atoms with van der Waals surface area (Å²) in [7, 11) is 0. The fourth-order valence-electron chi connectivity index (χ4n) is 0.466. The first-order valence-electron chi connectivity index (χ1n) is 3.10. The maximum atomic E-state index is 10.5. The molecule has 1 aromatic heterocycles. The van der Waals surface area contributed by atoms with Gasteiger partial charge in [-0.15, -0.1) is 10.2 Å². The predicted octanol–water partition coefficient (Wildman–Crippen LogP) is 0.809. The molecule has 1 heterocycles. The molecule has 14 heavy (non-hydrogen) atoms. The Morgan fingerprint density at radius 3 is 2.79 bits per heavy atom. The molecule has 0 aromatic carbocycles. The number of rotatable bonds is 4. The summed E-state index contributed by atoms with van der Waals surface area (Å²) < 4.78 is 19.5. The molecule has 0 aliphatic rings. The number of hydrogen-bond acceptors (Lipinski definition) is 6. The van der Waals surface area contributed by atoms with Gasteiger partial charge in [-0.05, 0) is 5.41 Å². The SMILES string of the molecule is O=C(O)/C=C/Sc1nnc(S(=O)O)s1. The number of nitrogens with zero attached hydrogens (tertiary/aromatic N) is 2. The molecule has 0 amide bonds. The third kappa shape index (κ3) is 3.54. The maximum Gasteiger partial charge on any atom is 0.328 e. The highest BCUT2D eigenvalue weighted by molar-refractivity contribution is 8.03. The van der Waals surface area contributed by atoms with E-state index in [1.807, 2.05) is 0 Å². The Morgan fingerprint density at radius 2 is 2.29 bits per heavy atom. The van der Waals surface area contributed by atoms with Gasteiger partial charge in [0.2, 0.25) is 15.4 Å². The van der Waals surface area contributed by atoms with E-state index in [4.69, 9.17) is 9.66 Å². The van der Waals surface area contributed by atoms with Crippen LogP contribution in [0.1, 0.15) is 0 Å². The summed E-state index contributed by atoms with van der Waals surface area (Å²) in [6.07, 6.45) is 0.946. The molecule has 0 radical (unpaired) electrons. The van der Waals surface area contributed by atoms with E-state index < -0.39 is 17.0 Å². The summed E-state index contributed by atoms with van der Waals surface area (Å²) in [5.41, 5.74) is 0. The Kier molecular flexibility index (Phi) is 4.20. The lowest BCUT2D eigenvalue weighted by molar-refractivity contribution is -0.131. The van der Waals surface area contributed by atoms with Gasteiger partial charge in [0.05, 0.1) is 0 Å². The average Bonchev–Trinajstić information content (AvgIpc) is 2.52. The van der Waals surface area contributed by atoms with Crippen LogP contribution in [0.25, 0.3) is 0 Å². The van der Waals surface area contributed by atoms with Gasteiger partial charge in [-0.25, -0.2) is 9.00 Å². The molecular weight excluding hydrogens is 248 g/mol. The summed E-state index contributed by atoms with van der Waals surface area (Å²) in [4.78, 5) is 10.1. The normalized spacial score (nSPS) is 13.2. The molecule has 0 bridgehead atoms. The largest absolute Gasteiger partial charge is 0.478 e. The quantitative estimate of drug-likeness (QED) is 0.464. The van der Waals surface area contributed by atoms with Crippen molar-refractivity contribution in [2.45, 2.75) is 8.68 Å². The zero-order valence-corrected chi connectivity index (χ0v) is 8.93. The number of aromatic nitrogens is 2. The van der Waals surface area contributed by atoms with Crippen LogP contribution < -0.4 is 0 Å². The molecule has 0 aliphatic heterocycles. The molecule has 0 saturated heterocycles. The second kappa shape index (κ2) is 5.20. The molecule has 2 N–H and O–H groups in total. The van der Waals surface area contributed by atoms with Gasteiger partial charge in [-0.3, -0.25) is 0 Å². The second-order valence-electron chi connectivity index (χ2n) is 1.84. The van der Waals surface area contributed by atoms with Gasteiger partial charge in [-0.2, -0.15) is 0 Å². The fraction of sp³-hybridized carbons (Fsp3) is 0. The van der Waals surface area contributed by atoms with Crippen molar-refractivity contribution >= 4 is 40.1 Å². The zero-order valence-electron chi connectivity index (χ0n) is 6.48. The van der Waals surface area contributed by atoms with Crippen molar-refractivity contribution in [3.05, 3.63) is 11.5 Å². The van der Waals surface area contributed by atoms with Crippen LogP contribution in [0.3, 0.4) is 0 Å². The first-order valence-corrected chi connectivity index (χ1v) is 5.90. The van der Waals surface area contributed by atoms with Crippen molar-refractivity contribution in [2.75, 3.05) is 0 Å². The number of aliphatic carboxylic acids is 1. The Labute approximate surface area is 89.3 Å². The number of thioether (sulfide) groups is 1. The lowest BCUT2D eigenvalue weighted by Gasteiger charge is -1.82. The Balaban J connectivity index is 2.60. The topological polar surface area (TPSA) is 100 Å². The highest BCUT2D eigenvalue weighted by atomic mass is 32.2. The molecule has 1 unspecified atom stereocenters. The van der Waals surface area contributed by atoms with E-state index in [-0.39, 0.29) is 4.34 Å². The molecule has 0 aliphatic carbocycles. The molecule has 1 atom stereocenters. The molecule has 0 spiro atoms. The summed E-state index contributed by atoms with van der Waals surface area (Å²) >= 11 is -0.167. The second-order valence-corrected chi connectivity index (χ2v) is 5.12. The molecule has 1 aromatic rings. The van der Waals surface area contributed by atoms with E-state index >= 15 is 0 Å².